The summed E-state index contributed by atoms with van der Waals surface area (Å²) in [6.45, 7) is 13.1. The van der Waals surface area contributed by atoms with Crippen molar-refractivity contribution in [1.29, 1.82) is 0 Å². The van der Waals surface area contributed by atoms with E-state index in [0.29, 0.717) is 24.5 Å². The molecule has 0 aliphatic carbocycles. The monoisotopic (exact) mass is 283 g/mol. The Kier molecular flexibility index (Phi) is 8.15. The molecule has 0 saturated carbocycles. The summed E-state index contributed by atoms with van der Waals surface area (Å²) < 4.78 is 0. The van der Waals surface area contributed by atoms with Gasteiger partial charge in [0.05, 0.1) is 6.54 Å². The summed E-state index contributed by atoms with van der Waals surface area (Å²) in [7, 11) is 0. The van der Waals surface area contributed by atoms with E-state index < -0.39 is 0 Å². The zero-order valence-corrected chi connectivity index (χ0v) is 13.8. The Morgan fingerprint density at radius 1 is 1.25 bits per heavy atom. The molecule has 1 amide bonds. The molecule has 4 nitrogen and oxygen atoms in total. The molecule has 1 atom stereocenters. The van der Waals surface area contributed by atoms with E-state index in [9.17, 15) is 4.79 Å². The average molecular weight is 283 g/mol. The molecule has 118 valence electrons. The summed E-state index contributed by atoms with van der Waals surface area (Å²) in [5.74, 6) is 0.292. The van der Waals surface area contributed by atoms with Crippen molar-refractivity contribution in [2.45, 2.75) is 65.5 Å². The SMILES string of the molecule is CCCN(CCC)C(=O)CN(CC1CCCN1)C(C)C. The molecular formula is C16H33N3O. The third kappa shape index (κ3) is 5.80. The van der Waals surface area contributed by atoms with E-state index in [1.54, 1.807) is 0 Å². The van der Waals surface area contributed by atoms with E-state index in [0.717, 1.165) is 39.0 Å². The smallest absolute Gasteiger partial charge is 0.236 e. The summed E-state index contributed by atoms with van der Waals surface area (Å²) in [5.41, 5.74) is 0. The fraction of sp³-hybridized carbons (Fsp3) is 0.938. The molecular weight excluding hydrogens is 250 g/mol. The summed E-state index contributed by atoms with van der Waals surface area (Å²) >= 11 is 0. The summed E-state index contributed by atoms with van der Waals surface area (Å²) in [5, 5.41) is 3.53. The van der Waals surface area contributed by atoms with Crippen molar-refractivity contribution < 1.29 is 4.79 Å². The zero-order chi connectivity index (χ0) is 15.0. The lowest BCUT2D eigenvalue weighted by Gasteiger charge is -2.31. The first-order valence-electron chi connectivity index (χ1n) is 8.33. The van der Waals surface area contributed by atoms with Crippen LogP contribution in [0.5, 0.6) is 0 Å². The highest BCUT2D eigenvalue weighted by atomic mass is 16.2. The highest BCUT2D eigenvalue weighted by Crippen LogP contribution is 2.10. The van der Waals surface area contributed by atoms with Crippen LogP contribution in [-0.2, 0) is 4.79 Å². The van der Waals surface area contributed by atoms with E-state index in [1.165, 1.54) is 12.8 Å². The van der Waals surface area contributed by atoms with Gasteiger partial charge in [0, 0.05) is 31.7 Å². The molecule has 1 heterocycles. The summed E-state index contributed by atoms with van der Waals surface area (Å²) in [6.07, 6.45) is 4.59. The van der Waals surface area contributed by atoms with Crippen LogP contribution in [0.15, 0.2) is 0 Å². The van der Waals surface area contributed by atoms with E-state index in [1.807, 2.05) is 4.90 Å². The van der Waals surface area contributed by atoms with Crippen molar-refractivity contribution in [3.05, 3.63) is 0 Å². The molecule has 1 N–H and O–H groups in total. The maximum atomic E-state index is 12.5. The second-order valence-corrected chi connectivity index (χ2v) is 6.20. The number of hydrogen-bond acceptors (Lipinski definition) is 3. The van der Waals surface area contributed by atoms with E-state index in [4.69, 9.17) is 0 Å². The van der Waals surface area contributed by atoms with Gasteiger partial charge in [-0.1, -0.05) is 13.8 Å². The molecule has 0 bridgehead atoms. The molecule has 0 radical (unpaired) electrons. The standard InChI is InChI=1S/C16H33N3O/c1-5-10-18(11-6-2)16(20)13-19(14(3)4)12-15-8-7-9-17-15/h14-15,17H,5-13H2,1-4H3. The lowest BCUT2D eigenvalue weighted by atomic mass is 10.2. The Balaban J connectivity index is 2.51. The van der Waals surface area contributed by atoms with Gasteiger partial charge in [-0.3, -0.25) is 9.69 Å². The highest BCUT2D eigenvalue weighted by Gasteiger charge is 2.23. The molecule has 0 aromatic heterocycles. The number of rotatable bonds is 9. The van der Waals surface area contributed by atoms with Crippen LogP contribution in [-0.4, -0.2) is 60.5 Å². The van der Waals surface area contributed by atoms with Crippen LogP contribution in [0, 0.1) is 0 Å². The maximum Gasteiger partial charge on any atom is 0.236 e. The first-order valence-corrected chi connectivity index (χ1v) is 8.33. The molecule has 1 saturated heterocycles. The Bertz CT molecular complexity index is 269. The molecule has 1 rings (SSSR count). The van der Waals surface area contributed by atoms with Gasteiger partial charge >= 0.3 is 0 Å². The molecule has 1 fully saturated rings. The number of carbonyl (C=O) groups is 1. The zero-order valence-electron chi connectivity index (χ0n) is 13.8. The van der Waals surface area contributed by atoms with Crippen molar-refractivity contribution in [3.8, 4) is 0 Å². The van der Waals surface area contributed by atoms with Crippen LogP contribution in [0.25, 0.3) is 0 Å². The Hall–Kier alpha value is -0.610. The molecule has 0 spiro atoms. The Morgan fingerprint density at radius 2 is 1.90 bits per heavy atom. The first kappa shape index (κ1) is 17.4. The number of nitrogens with one attached hydrogen (secondary N) is 1. The van der Waals surface area contributed by atoms with Gasteiger partial charge in [-0.15, -0.1) is 0 Å². The largest absolute Gasteiger partial charge is 0.342 e. The highest BCUT2D eigenvalue weighted by molar-refractivity contribution is 5.78. The fourth-order valence-corrected chi connectivity index (χ4v) is 2.83. The van der Waals surface area contributed by atoms with E-state index >= 15 is 0 Å². The topological polar surface area (TPSA) is 35.6 Å². The van der Waals surface area contributed by atoms with Gasteiger partial charge in [0.15, 0.2) is 0 Å². The van der Waals surface area contributed by atoms with Gasteiger partial charge in [-0.25, -0.2) is 0 Å². The number of nitrogens with zero attached hydrogens (tertiary/aromatic N) is 2. The fourth-order valence-electron chi connectivity index (χ4n) is 2.83. The Morgan fingerprint density at radius 3 is 2.35 bits per heavy atom. The maximum absolute atomic E-state index is 12.5. The van der Waals surface area contributed by atoms with Crippen LogP contribution < -0.4 is 5.32 Å². The van der Waals surface area contributed by atoms with Crippen molar-refractivity contribution in [1.82, 2.24) is 15.1 Å². The van der Waals surface area contributed by atoms with Gasteiger partial charge in [-0.2, -0.15) is 0 Å². The third-order valence-corrected chi connectivity index (χ3v) is 4.03. The minimum atomic E-state index is 0.292. The van der Waals surface area contributed by atoms with Gasteiger partial charge in [0.1, 0.15) is 0 Å². The van der Waals surface area contributed by atoms with Crippen LogP contribution in [0.3, 0.4) is 0 Å². The molecule has 1 unspecified atom stereocenters. The predicted octanol–water partition coefficient (Wildman–Crippen LogP) is 2.10. The summed E-state index contributed by atoms with van der Waals surface area (Å²) in [4.78, 5) is 16.8. The normalized spacial score (nSPS) is 19.0. The van der Waals surface area contributed by atoms with Crippen molar-refractivity contribution in [2.24, 2.45) is 0 Å². The van der Waals surface area contributed by atoms with Gasteiger partial charge < -0.3 is 10.2 Å². The van der Waals surface area contributed by atoms with Gasteiger partial charge in [0.2, 0.25) is 5.91 Å². The lowest BCUT2D eigenvalue weighted by molar-refractivity contribution is -0.133. The minimum Gasteiger partial charge on any atom is -0.342 e. The van der Waals surface area contributed by atoms with E-state index in [-0.39, 0.29) is 0 Å². The quantitative estimate of drug-likeness (QED) is 0.704. The predicted molar refractivity (Wildman–Crippen MR) is 84.9 cm³/mol. The molecule has 4 heteroatoms. The summed E-state index contributed by atoms with van der Waals surface area (Å²) in [6, 6.07) is 0.988. The van der Waals surface area contributed by atoms with Crippen molar-refractivity contribution in [3.63, 3.8) is 0 Å². The Labute approximate surface area is 124 Å². The van der Waals surface area contributed by atoms with Crippen molar-refractivity contribution in [2.75, 3.05) is 32.7 Å². The first-order chi connectivity index (χ1) is 9.58. The minimum absolute atomic E-state index is 0.292. The average Bonchev–Trinajstić information content (AvgIpc) is 2.90. The van der Waals surface area contributed by atoms with Crippen LogP contribution in [0.1, 0.15) is 53.4 Å². The lowest BCUT2D eigenvalue weighted by Crippen LogP contribution is -2.47. The van der Waals surface area contributed by atoms with Gasteiger partial charge in [-0.05, 0) is 46.1 Å². The second-order valence-electron chi connectivity index (χ2n) is 6.20. The van der Waals surface area contributed by atoms with Crippen molar-refractivity contribution >= 4 is 5.91 Å². The van der Waals surface area contributed by atoms with Gasteiger partial charge in [0.25, 0.3) is 0 Å². The number of amides is 1. The molecule has 1 aliphatic heterocycles. The molecule has 0 aromatic carbocycles. The van der Waals surface area contributed by atoms with Crippen LogP contribution in [0.4, 0.5) is 0 Å². The molecule has 1 aliphatic rings. The van der Waals surface area contributed by atoms with Crippen LogP contribution in [0.2, 0.25) is 0 Å². The molecule has 20 heavy (non-hydrogen) atoms. The number of hydrogen-bond donors (Lipinski definition) is 1. The number of carbonyl (C=O) groups excluding carboxylic acids is 1. The van der Waals surface area contributed by atoms with Crippen LogP contribution >= 0.6 is 0 Å². The molecule has 0 aromatic rings. The third-order valence-electron chi connectivity index (χ3n) is 4.03. The second kappa shape index (κ2) is 9.35. The van der Waals surface area contributed by atoms with E-state index in [2.05, 4.69) is 37.9 Å².